The van der Waals surface area contributed by atoms with Crippen LogP contribution in [0.15, 0.2) is 4.52 Å². The molecule has 21 heavy (non-hydrogen) atoms. The van der Waals surface area contributed by atoms with E-state index in [-0.39, 0.29) is 6.10 Å². The Morgan fingerprint density at radius 1 is 1.38 bits per heavy atom. The number of hydrogen-bond donors (Lipinski definition) is 1. The van der Waals surface area contributed by atoms with Gasteiger partial charge in [-0.05, 0) is 37.7 Å². The molecule has 3 rings (SSSR count). The van der Waals surface area contributed by atoms with E-state index in [1.165, 1.54) is 23.3 Å². The first-order valence-corrected chi connectivity index (χ1v) is 8.33. The molecule has 1 aliphatic carbocycles. The number of aromatic nitrogens is 2. The zero-order chi connectivity index (χ0) is 14.8. The second kappa shape index (κ2) is 6.15. The van der Waals surface area contributed by atoms with Gasteiger partial charge >= 0.3 is 0 Å². The molecular formula is C15H21N3O2S. The maximum Gasteiger partial charge on any atom is 0.261 e. The molecule has 0 spiro atoms. The first-order chi connectivity index (χ1) is 10.2. The van der Waals surface area contributed by atoms with E-state index in [9.17, 15) is 0 Å². The van der Waals surface area contributed by atoms with E-state index in [1.54, 1.807) is 18.4 Å². The lowest BCUT2D eigenvalue weighted by Gasteiger charge is -2.11. The van der Waals surface area contributed by atoms with Crippen LogP contribution in [0.1, 0.15) is 55.0 Å². The molecule has 6 heteroatoms. The fourth-order valence-corrected chi connectivity index (χ4v) is 4.06. The average molecular weight is 307 g/mol. The Hall–Kier alpha value is -1.40. The number of rotatable bonds is 5. The van der Waals surface area contributed by atoms with Gasteiger partial charge in [0.25, 0.3) is 5.89 Å². The second-order valence-electron chi connectivity index (χ2n) is 5.42. The van der Waals surface area contributed by atoms with Crippen LogP contribution < -0.4 is 5.73 Å². The zero-order valence-corrected chi connectivity index (χ0v) is 13.3. The van der Waals surface area contributed by atoms with Gasteiger partial charge < -0.3 is 15.0 Å². The van der Waals surface area contributed by atoms with E-state index in [2.05, 4.69) is 17.1 Å². The van der Waals surface area contributed by atoms with Crippen molar-refractivity contribution in [2.24, 2.45) is 0 Å². The van der Waals surface area contributed by atoms with Crippen LogP contribution in [0.4, 0.5) is 5.00 Å². The Bertz CT molecular complexity index is 620. The maximum absolute atomic E-state index is 6.19. The molecule has 0 saturated heterocycles. The van der Waals surface area contributed by atoms with E-state index >= 15 is 0 Å². The summed E-state index contributed by atoms with van der Waals surface area (Å²) in [6.07, 6.45) is 6.39. The van der Waals surface area contributed by atoms with Crippen LogP contribution in [-0.4, -0.2) is 17.3 Å². The smallest absolute Gasteiger partial charge is 0.261 e. The first kappa shape index (κ1) is 14.5. The average Bonchev–Trinajstić information content (AvgIpc) is 3.07. The molecule has 1 atom stereocenters. The second-order valence-corrected chi connectivity index (χ2v) is 6.56. The third-order valence-electron chi connectivity index (χ3n) is 3.98. The molecule has 2 N–H and O–H groups in total. The van der Waals surface area contributed by atoms with Gasteiger partial charge in [-0.2, -0.15) is 4.98 Å². The van der Waals surface area contributed by atoms with Gasteiger partial charge in [0.1, 0.15) is 6.10 Å². The predicted octanol–water partition coefficient (Wildman–Crippen LogP) is 3.75. The number of nitrogens with two attached hydrogens (primary N) is 1. The maximum atomic E-state index is 6.19. The number of fused-ring (bicyclic) bond motifs is 1. The lowest BCUT2D eigenvalue weighted by atomic mass is 9.95. The molecule has 1 aliphatic rings. The molecule has 2 aromatic rings. The molecule has 0 aromatic carbocycles. The highest BCUT2D eigenvalue weighted by atomic mass is 32.1. The van der Waals surface area contributed by atoms with Crippen molar-refractivity contribution in [3.05, 3.63) is 16.3 Å². The fourth-order valence-electron chi connectivity index (χ4n) is 2.90. The van der Waals surface area contributed by atoms with Crippen molar-refractivity contribution in [2.45, 2.75) is 51.6 Å². The van der Waals surface area contributed by atoms with Crippen molar-refractivity contribution in [2.75, 3.05) is 12.8 Å². The summed E-state index contributed by atoms with van der Waals surface area (Å²) in [6.45, 7) is 2.11. The normalized spacial score (nSPS) is 15.9. The van der Waals surface area contributed by atoms with E-state index in [0.29, 0.717) is 11.7 Å². The van der Waals surface area contributed by atoms with Crippen molar-refractivity contribution in [1.29, 1.82) is 0 Å². The van der Waals surface area contributed by atoms with Crippen molar-refractivity contribution in [3.8, 4) is 11.5 Å². The number of nitrogens with zero attached hydrogens (tertiary/aromatic N) is 2. The third kappa shape index (κ3) is 2.70. The number of thiophene rings is 1. The Kier molecular flexibility index (Phi) is 4.26. The fraction of sp³-hybridized carbons (Fsp3) is 0.600. The molecular weight excluding hydrogens is 286 g/mol. The molecule has 0 bridgehead atoms. The zero-order valence-electron chi connectivity index (χ0n) is 12.5. The van der Waals surface area contributed by atoms with Gasteiger partial charge in [-0.3, -0.25) is 0 Å². The topological polar surface area (TPSA) is 74.2 Å². The molecule has 2 aromatic heterocycles. The standard InChI is InChI=1S/C15H21N3O2S/c1-3-6-10(19-2)14-17-15(20-18-14)12-9-7-4-5-8-11(9)21-13(12)16/h10H,3-8,16H2,1-2H3. The Morgan fingerprint density at radius 3 is 2.95 bits per heavy atom. The molecule has 0 aliphatic heterocycles. The number of methoxy groups -OCH3 is 1. The summed E-state index contributed by atoms with van der Waals surface area (Å²) in [5.41, 5.74) is 8.46. The Labute approximate surface area is 128 Å². The van der Waals surface area contributed by atoms with Gasteiger partial charge in [-0.15, -0.1) is 11.3 Å². The minimum atomic E-state index is -0.108. The van der Waals surface area contributed by atoms with Crippen LogP contribution in [0.5, 0.6) is 0 Å². The summed E-state index contributed by atoms with van der Waals surface area (Å²) in [5, 5.41) is 4.88. The summed E-state index contributed by atoms with van der Waals surface area (Å²) in [4.78, 5) is 5.92. The summed E-state index contributed by atoms with van der Waals surface area (Å²) in [6, 6.07) is 0. The first-order valence-electron chi connectivity index (χ1n) is 7.51. The lowest BCUT2D eigenvalue weighted by molar-refractivity contribution is 0.0854. The van der Waals surface area contributed by atoms with Crippen molar-refractivity contribution in [1.82, 2.24) is 10.1 Å². The minimum absolute atomic E-state index is 0.108. The van der Waals surface area contributed by atoms with E-state index in [1.807, 2.05) is 0 Å². The van der Waals surface area contributed by atoms with Crippen LogP contribution in [0.25, 0.3) is 11.5 Å². The van der Waals surface area contributed by atoms with Gasteiger partial charge in [-0.1, -0.05) is 18.5 Å². The third-order valence-corrected chi connectivity index (χ3v) is 5.10. The summed E-state index contributed by atoms with van der Waals surface area (Å²) >= 11 is 1.66. The molecule has 5 nitrogen and oxygen atoms in total. The van der Waals surface area contributed by atoms with Gasteiger partial charge in [0.2, 0.25) is 5.82 Å². The van der Waals surface area contributed by atoms with Crippen molar-refractivity contribution < 1.29 is 9.26 Å². The van der Waals surface area contributed by atoms with Gasteiger partial charge in [0.05, 0.1) is 10.6 Å². The molecule has 0 radical (unpaired) electrons. The number of aryl methyl sites for hydroxylation is 1. The highest BCUT2D eigenvalue weighted by Crippen LogP contribution is 2.42. The van der Waals surface area contributed by atoms with E-state index < -0.39 is 0 Å². The molecule has 114 valence electrons. The van der Waals surface area contributed by atoms with Gasteiger partial charge in [0.15, 0.2) is 0 Å². The van der Waals surface area contributed by atoms with Gasteiger partial charge in [-0.25, -0.2) is 0 Å². The van der Waals surface area contributed by atoms with Crippen molar-refractivity contribution >= 4 is 16.3 Å². The molecule has 2 heterocycles. The van der Waals surface area contributed by atoms with Crippen LogP contribution in [-0.2, 0) is 17.6 Å². The summed E-state index contributed by atoms with van der Waals surface area (Å²) < 4.78 is 10.9. The lowest BCUT2D eigenvalue weighted by Crippen LogP contribution is -2.03. The largest absolute Gasteiger partial charge is 0.390 e. The number of anilines is 1. The quantitative estimate of drug-likeness (QED) is 0.910. The van der Waals surface area contributed by atoms with Crippen LogP contribution in [0, 0.1) is 0 Å². The molecule has 0 fully saturated rings. The highest BCUT2D eigenvalue weighted by molar-refractivity contribution is 7.16. The van der Waals surface area contributed by atoms with Crippen LogP contribution >= 0.6 is 11.3 Å². The van der Waals surface area contributed by atoms with Crippen LogP contribution in [0.3, 0.4) is 0 Å². The van der Waals surface area contributed by atoms with Crippen molar-refractivity contribution in [3.63, 3.8) is 0 Å². The van der Waals surface area contributed by atoms with Crippen LogP contribution in [0.2, 0.25) is 0 Å². The van der Waals surface area contributed by atoms with Gasteiger partial charge in [0, 0.05) is 12.0 Å². The van der Waals surface area contributed by atoms with E-state index in [0.717, 1.165) is 36.2 Å². The minimum Gasteiger partial charge on any atom is -0.390 e. The predicted molar refractivity (Wildman–Crippen MR) is 83.3 cm³/mol. The number of hydrogen-bond acceptors (Lipinski definition) is 6. The molecule has 0 saturated carbocycles. The number of ether oxygens (including phenoxy) is 1. The highest BCUT2D eigenvalue weighted by Gasteiger charge is 2.25. The summed E-state index contributed by atoms with van der Waals surface area (Å²) in [7, 11) is 1.68. The Morgan fingerprint density at radius 2 is 2.19 bits per heavy atom. The molecule has 0 amide bonds. The monoisotopic (exact) mass is 307 g/mol. The Balaban J connectivity index is 1.95. The SMILES string of the molecule is CCCC(OC)c1noc(-c2c(N)sc3c2CCCC3)n1. The molecule has 1 unspecified atom stereocenters. The number of nitrogen functional groups attached to an aromatic ring is 1. The van der Waals surface area contributed by atoms with E-state index in [4.69, 9.17) is 15.0 Å². The summed E-state index contributed by atoms with van der Waals surface area (Å²) in [5.74, 6) is 1.16.